The molecular formula is C15H20N2O2. The minimum atomic E-state index is 0.0849. The van der Waals surface area contributed by atoms with Crippen LogP contribution >= 0.6 is 0 Å². The minimum absolute atomic E-state index is 0.0849. The molecule has 0 atom stereocenters. The van der Waals surface area contributed by atoms with Gasteiger partial charge in [-0.15, -0.1) is 0 Å². The van der Waals surface area contributed by atoms with Crippen LogP contribution in [0.1, 0.15) is 12.1 Å². The smallest absolute Gasteiger partial charge is 0.0725 e. The number of pyridine rings is 1. The van der Waals surface area contributed by atoms with E-state index in [1.54, 1.807) is 0 Å². The molecule has 1 aromatic heterocycles. The lowest BCUT2D eigenvalue weighted by Gasteiger charge is -2.10. The average Bonchev–Trinajstić information content (AvgIpc) is 2.42. The molecule has 0 amide bonds. The van der Waals surface area contributed by atoms with Crippen molar-refractivity contribution in [2.45, 2.75) is 13.3 Å². The molecule has 0 fully saturated rings. The zero-order chi connectivity index (χ0) is 13.5. The normalized spacial score (nSPS) is 10.8. The van der Waals surface area contributed by atoms with Crippen LogP contribution in [0.4, 0.5) is 5.69 Å². The Morgan fingerprint density at radius 2 is 2.11 bits per heavy atom. The number of aromatic nitrogens is 1. The van der Waals surface area contributed by atoms with Gasteiger partial charge in [0.1, 0.15) is 0 Å². The molecule has 4 nitrogen and oxygen atoms in total. The Balaban J connectivity index is 1.96. The second-order valence-corrected chi connectivity index (χ2v) is 4.44. The maximum atomic E-state index is 8.60. The molecule has 0 bridgehead atoms. The second kappa shape index (κ2) is 7.07. The van der Waals surface area contributed by atoms with Gasteiger partial charge in [-0.05, 0) is 25.5 Å². The van der Waals surface area contributed by atoms with Gasteiger partial charge in [0, 0.05) is 29.9 Å². The van der Waals surface area contributed by atoms with Crippen molar-refractivity contribution in [3.05, 3.63) is 36.0 Å². The summed E-state index contributed by atoms with van der Waals surface area (Å²) in [5.41, 5.74) is 3.14. The van der Waals surface area contributed by atoms with Crippen LogP contribution in [0.2, 0.25) is 0 Å². The van der Waals surface area contributed by atoms with Crippen LogP contribution in [0.5, 0.6) is 0 Å². The van der Waals surface area contributed by atoms with Crippen molar-refractivity contribution in [1.82, 2.24) is 4.98 Å². The highest BCUT2D eigenvalue weighted by Crippen LogP contribution is 2.22. The number of aryl methyl sites for hydroxylation is 1. The molecule has 2 aromatic rings. The van der Waals surface area contributed by atoms with Gasteiger partial charge in [-0.2, -0.15) is 0 Å². The number of hydrogen-bond acceptors (Lipinski definition) is 4. The van der Waals surface area contributed by atoms with E-state index in [0.717, 1.165) is 35.2 Å². The standard InChI is InChI=1S/C15H20N2O2/c1-12-11-15(16-7-4-9-19-10-8-18)13-5-2-3-6-14(13)17-12/h2-3,5-6,11,18H,4,7-10H2,1H3,(H,16,17). The lowest BCUT2D eigenvalue weighted by atomic mass is 10.1. The number of para-hydroxylation sites is 1. The SMILES string of the molecule is Cc1cc(NCCCOCCO)c2ccccc2n1. The summed E-state index contributed by atoms with van der Waals surface area (Å²) in [6.45, 7) is 4.01. The van der Waals surface area contributed by atoms with Crippen LogP contribution in [0.25, 0.3) is 10.9 Å². The molecule has 2 rings (SSSR count). The summed E-state index contributed by atoms with van der Waals surface area (Å²) in [5.74, 6) is 0. The van der Waals surface area contributed by atoms with Gasteiger partial charge in [0.2, 0.25) is 0 Å². The van der Waals surface area contributed by atoms with Gasteiger partial charge in [0.05, 0.1) is 18.7 Å². The predicted molar refractivity (Wildman–Crippen MR) is 77.5 cm³/mol. The van der Waals surface area contributed by atoms with Gasteiger partial charge >= 0.3 is 0 Å². The number of aliphatic hydroxyl groups excluding tert-OH is 1. The van der Waals surface area contributed by atoms with Crippen LogP contribution in [0, 0.1) is 6.92 Å². The third-order valence-electron chi connectivity index (χ3n) is 2.86. The Bertz CT molecular complexity index is 529. The summed E-state index contributed by atoms with van der Waals surface area (Å²) < 4.78 is 5.23. The van der Waals surface area contributed by atoms with E-state index < -0.39 is 0 Å². The van der Waals surface area contributed by atoms with Crippen LogP contribution in [-0.2, 0) is 4.74 Å². The summed E-state index contributed by atoms with van der Waals surface area (Å²) in [6.07, 6.45) is 0.912. The number of fused-ring (bicyclic) bond motifs is 1. The van der Waals surface area contributed by atoms with Gasteiger partial charge in [-0.3, -0.25) is 4.98 Å². The molecule has 2 N–H and O–H groups in total. The first-order valence-corrected chi connectivity index (χ1v) is 6.60. The highest BCUT2D eigenvalue weighted by molar-refractivity contribution is 5.91. The van der Waals surface area contributed by atoms with Gasteiger partial charge < -0.3 is 15.2 Å². The van der Waals surface area contributed by atoms with E-state index in [9.17, 15) is 0 Å². The monoisotopic (exact) mass is 260 g/mol. The van der Waals surface area contributed by atoms with E-state index in [-0.39, 0.29) is 6.61 Å². The highest BCUT2D eigenvalue weighted by atomic mass is 16.5. The second-order valence-electron chi connectivity index (χ2n) is 4.44. The summed E-state index contributed by atoms with van der Waals surface area (Å²) in [6, 6.07) is 10.2. The van der Waals surface area contributed by atoms with Gasteiger partial charge in [0.15, 0.2) is 0 Å². The lowest BCUT2D eigenvalue weighted by Crippen LogP contribution is -2.08. The number of nitrogens with one attached hydrogen (secondary N) is 1. The zero-order valence-corrected chi connectivity index (χ0v) is 11.2. The minimum Gasteiger partial charge on any atom is -0.394 e. The van der Waals surface area contributed by atoms with Crippen molar-refractivity contribution in [2.24, 2.45) is 0 Å². The molecular weight excluding hydrogens is 240 g/mol. The Labute approximate surface area is 113 Å². The molecule has 102 valence electrons. The molecule has 0 saturated carbocycles. The maximum Gasteiger partial charge on any atom is 0.0725 e. The van der Waals surface area contributed by atoms with Crippen molar-refractivity contribution < 1.29 is 9.84 Å². The van der Waals surface area contributed by atoms with Crippen LogP contribution < -0.4 is 5.32 Å². The third-order valence-corrected chi connectivity index (χ3v) is 2.86. The van der Waals surface area contributed by atoms with Crippen molar-refractivity contribution in [3.8, 4) is 0 Å². The number of aliphatic hydroxyl groups is 1. The van der Waals surface area contributed by atoms with E-state index in [1.165, 1.54) is 0 Å². The Morgan fingerprint density at radius 1 is 1.26 bits per heavy atom. The molecule has 0 aliphatic rings. The topological polar surface area (TPSA) is 54.4 Å². The number of nitrogens with zero attached hydrogens (tertiary/aromatic N) is 1. The third kappa shape index (κ3) is 3.91. The molecule has 0 radical (unpaired) electrons. The summed E-state index contributed by atoms with van der Waals surface area (Å²) >= 11 is 0. The van der Waals surface area contributed by atoms with Crippen LogP contribution in [0.15, 0.2) is 30.3 Å². The molecule has 1 heterocycles. The fourth-order valence-corrected chi connectivity index (χ4v) is 2.02. The van der Waals surface area contributed by atoms with Crippen molar-refractivity contribution >= 4 is 16.6 Å². The van der Waals surface area contributed by atoms with Gasteiger partial charge in [0.25, 0.3) is 0 Å². The maximum absolute atomic E-state index is 8.60. The number of ether oxygens (including phenoxy) is 1. The lowest BCUT2D eigenvalue weighted by molar-refractivity contribution is 0.0922. The van der Waals surface area contributed by atoms with Gasteiger partial charge in [-0.1, -0.05) is 18.2 Å². The predicted octanol–water partition coefficient (Wildman–Crippen LogP) is 2.35. The molecule has 0 spiro atoms. The molecule has 4 heteroatoms. The van der Waals surface area contributed by atoms with Crippen LogP contribution in [0.3, 0.4) is 0 Å². The largest absolute Gasteiger partial charge is 0.394 e. The van der Waals surface area contributed by atoms with E-state index in [0.29, 0.717) is 13.2 Å². The van der Waals surface area contributed by atoms with E-state index in [2.05, 4.69) is 22.4 Å². The van der Waals surface area contributed by atoms with Crippen molar-refractivity contribution in [3.63, 3.8) is 0 Å². The molecule has 19 heavy (non-hydrogen) atoms. The van der Waals surface area contributed by atoms with Crippen molar-refractivity contribution in [1.29, 1.82) is 0 Å². The highest BCUT2D eigenvalue weighted by Gasteiger charge is 2.02. The summed E-state index contributed by atoms with van der Waals surface area (Å²) in [5, 5.41) is 13.2. The molecule has 1 aromatic carbocycles. The molecule has 0 saturated heterocycles. The average molecular weight is 260 g/mol. The first kappa shape index (κ1) is 13.8. The number of rotatable bonds is 7. The van der Waals surface area contributed by atoms with Crippen LogP contribution in [-0.4, -0.2) is 36.5 Å². The number of hydrogen-bond donors (Lipinski definition) is 2. The first-order chi connectivity index (χ1) is 9.31. The molecule has 0 aliphatic carbocycles. The fourth-order valence-electron chi connectivity index (χ4n) is 2.02. The summed E-state index contributed by atoms with van der Waals surface area (Å²) in [4.78, 5) is 4.51. The van der Waals surface area contributed by atoms with Crippen molar-refractivity contribution in [2.75, 3.05) is 31.7 Å². The number of benzene rings is 1. The zero-order valence-electron chi connectivity index (χ0n) is 11.2. The Kier molecular flexibility index (Phi) is 5.12. The quantitative estimate of drug-likeness (QED) is 0.750. The van der Waals surface area contributed by atoms with Gasteiger partial charge in [-0.25, -0.2) is 0 Å². The molecule has 0 aliphatic heterocycles. The number of anilines is 1. The molecule has 0 unspecified atom stereocenters. The summed E-state index contributed by atoms with van der Waals surface area (Å²) in [7, 11) is 0. The van der Waals surface area contributed by atoms with E-state index in [4.69, 9.17) is 9.84 Å². The van der Waals surface area contributed by atoms with E-state index >= 15 is 0 Å². The van der Waals surface area contributed by atoms with E-state index in [1.807, 2.05) is 25.1 Å². The fraction of sp³-hybridized carbons (Fsp3) is 0.400. The first-order valence-electron chi connectivity index (χ1n) is 6.60. The Morgan fingerprint density at radius 3 is 2.95 bits per heavy atom. The Hall–Kier alpha value is -1.65.